The van der Waals surface area contributed by atoms with E-state index in [-0.39, 0.29) is 5.82 Å². The van der Waals surface area contributed by atoms with E-state index in [1.165, 1.54) is 6.07 Å². The monoisotopic (exact) mass is 316 g/mol. The molecule has 0 saturated carbocycles. The fraction of sp³-hybridized carbons (Fsp3) is 0.462. The number of halogens is 2. The predicted octanol–water partition coefficient (Wildman–Crippen LogP) is 2.53. The van der Waals surface area contributed by atoms with Crippen molar-refractivity contribution in [1.82, 2.24) is 5.32 Å². The van der Waals surface area contributed by atoms with Crippen LogP contribution in [-0.2, 0) is 10.3 Å². The highest BCUT2D eigenvalue weighted by molar-refractivity contribution is 9.10. The zero-order valence-electron chi connectivity index (χ0n) is 10.8. The Labute approximate surface area is 115 Å². The lowest BCUT2D eigenvalue weighted by molar-refractivity contribution is -0.124. The van der Waals surface area contributed by atoms with Crippen LogP contribution in [0.4, 0.5) is 4.39 Å². The van der Waals surface area contributed by atoms with Crippen LogP contribution < -0.4 is 11.1 Å². The van der Waals surface area contributed by atoms with Gasteiger partial charge in [-0.3, -0.25) is 10.1 Å². The average Bonchev–Trinajstić information content (AvgIpc) is 2.29. The van der Waals surface area contributed by atoms with Crippen molar-refractivity contribution in [1.29, 1.82) is 0 Å². The number of rotatable bonds is 5. The van der Waals surface area contributed by atoms with Crippen molar-refractivity contribution >= 4 is 21.8 Å². The molecule has 0 aliphatic rings. The van der Waals surface area contributed by atoms with Crippen LogP contribution in [0.5, 0.6) is 0 Å². The lowest BCUT2D eigenvalue weighted by Gasteiger charge is -2.29. The van der Waals surface area contributed by atoms with E-state index in [9.17, 15) is 9.18 Å². The third-order valence-corrected chi connectivity index (χ3v) is 3.46. The molecular weight excluding hydrogens is 299 g/mol. The molecule has 100 valence electrons. The van der Waals surface area contributed by atoms with Crippen LogP contribution in [0, 0.1) is 11.7 Å². The van der Waals surface area contributed by atoms with E-state index in [1.807, 2.05) is 13.8 Å². The summed E-state index contributed by atoms with van der Waals surface area (Å²) in [6, 6.07) is 4.46. The van der Waals surface area contributed by atoms with Crippen LogP contribution in [0.1, 0.15) is 26.3 Å². The molecule has 1 aromatic carbocycles. The van der Waals surface area contributed by atoms with Gasteiger partial charge < -0.3 is 5.73 Å². The number of benzene rings is 1. The second-order valence-electron chi connectivity index (χ2n) is 4.89. The molecular formula is C13H18BrFN2O. The maximum absolute atomic E-state index is 13.2. The molecule has 5 heteroatoms. The first-order chi connectivity index (χ1) is 8.27. The van der Waals surface area contributed by atoms with Crippen LogP contribution in [0.3, 0.4) is 0 Å². The molecule has 1 amide bonds. The fourth-order valence-electron chi connectivity index (χ4n) is 1.55. The molecule has 18 heavy (non-hydrogen) atoms. The van der Waals surface area contributed by atoms with Crippen LogP contribution in [0.25, 0.3) is 0 Å². The van der Waals surface area contributed by atoms with E-state index in [2.05, 4.69) is 21.2 Å². The van der Waals surface area contributed by atoms with Crippen LogP contribution in [-0.4, -0.2) is 12.5 Å². The van der Waals surface area contributed by atoms with Crippen molar-refractivity contribution in [3.05, 3.63) is 34.1 Å². The van der Waals surface area contributed by atoms with Crippen molar-refractivity contribution < 1.29 is 9.18 Å². The van der Waals surface area contributed by atoms with Gasteiger partial charge in [-0.25, -0.2) is 4.39 Å². The maximum Gasteiger partial charge on any atom is 0.242 e. The largest absolute Gasteiger partial charge is 0.368 e. The van der Waals surface area contributed by atoms with Crippen molar-refractivity contribution in [3.8, 4) is 0 Å². The Balaban J connectivity index is 3.10. The minimum absolute atomic E-state index is 0.318. The smallest absolute Gasteiger partial charge is 0.242 e. The van der Waals surface area contributed by atoms with E-state index >= 15 is 0 Å². The molecule has 1 rings (SSSR count). The summed E-state index contributed by atoms with van der Waals surface area (Å²) in [4.78, 5) is 11.7. The highest BCUT2D eigenvalue weighted by atomic mass is 79.9. The second kappa shape index (κ2) is 5.80. The molecule has 0 radical (unpaired) electrons. The molecule has 1 unspecified atom stereocenters. The maximum atomic E-state index is 13.2. The number of carbonyl (C=O) groups excluding carboxylic acids is 1. The Kier molecular flexibility index (Phi) is 4.87. The van der Waals surface area contributed by atoms with Gasteiger partial charge in [-0.1, -0.05) is 19.9 Å². The highest BCUT2D eigenvalue weighted by Crippen LogP contribution is 2.25. The summed E-state index contributed by atoms with van der Waals surface area (Å²) in [5.74, 6) is -0.469. The Morgan fingerprint density at radius 1 is 1.56 bits per heavy atom. The van der Waals surface area contributed by atoms with Crippen molar-refractivity contribution in [3.63, 3.8) is 0 Å². The zero-order chi connectivity index (χ0) is 13.9. The Bertz CT molecular complexity index is 451. The van der Waals surface area contributed by atoms with E-state index < -0.39 is 11.4 Å². The SMILES string of the molecule is CC(C)CNC(C)(C(N)=O)c1ccc(F)c(Br)c1. The average molecular weight is 317 g/mol. The number of carbonyl (C=O) groups is 1. The van der Waals surface area contributed by atoms with Crippen molar-refractivity contribution in [2.24, 2.45) is 11.7 Å². The summed E-state index contributed by atoms with van der Waals surface area (Å²) in [7, 11) is 0. The van der Waals surface area contributed by atoms with Gasteiger partial charge in [0.25, 0.3) is 0 Å². The van der Waals surface area contributed by atoms with Crippen molar-refractivity contribution in [2.45, 2.75) is 26.3 Å². The number of nitrogens with one attached hydrogen (secondary N) is 1. The zero-order valence-corrected chi connectivity index (χ0v) is 12.3. The number of hydrogen-bond donors (Lipinski definition) is 2. The van der Waals surface area contributed by atoms with Crippen LogP contribution in [0.15, 0.2) is 22.7 Å². The molecule has 0 aliphatic heterocycles. The first-order valence-electron chi connectivity index (χ1n) is 5.78. The minimum atomic E-state index is -1.000. The van der Waals surface area contributed by atoms with E-state index in [0.717, 1.165) is 0 Å². The summed E-state index contributed by atoms with van der Waals surface area (Å²) in [6.07, 6.45) is 0. The quantitative estimate of drug-likeness (QED) is 0.877. The molecule has 0 fully saturated rings. The Morgan fingerprint density at radius 3 is 2.61 bits per heavy atom. The molecule has 0 aromatic heterocycles. The van der Waals surface area contributed by atoms with Crippen LogP contribution in [0.2, 0.25) is 0 Å². The van der Waals surface area contributed by atoms with Gasteiger partial charge in [0.05, 0.1) is 4.47 Å². The summed E-state index contributed by atoms with van der Waals surface area (Å²) in [5.41, 5.74) is 5.11. The van der Waals surface area contributed by atoms with Gasteiger partial charge in [-0.05, 0) is 53.0 Å². The molecule has 3 nitrogen and oxygen atoms in total. The molecule has 0 spiro atoms. The number of primary amides is 1. The summed E-state index contributed by atoms with van der Waals surface area (Å²) < 4.78 is 13.5. The summed E-state index contributed by atoms with van der Waals surface area (Å²) in [5, 5.41) is 3.14. The minimum Gasteiger partial charge on any atom is -0.368 e. The molecule has 3 N–H and O–H groups in total. The first-order valence-corrected chi connectivity index (χ1v) is 6.57. The van der Waals surface area contributed by atoms with Crippen molar-refractivity contribution in [2.75, 3.05) is 6.54 Å². The van der Waals surface area contributed by atoms with Gasteiger partial charge in [-0.2, -0.15) is 0 Å². The topological polar surface area (TPSA) is 55.1 Å². The lowest BCUT2D eigenvalue weighted by Crippen LogP contribution is -2.51. The number of hydrogen-bond acceptors (Lipinski definition) is 2. The van der Waals surface area contributed by atoms with Gasteiger partial charge in [0, 0.05) is 0 Å². The highest BCUT2D eigenvalue weighted by Gasteiger charge is 2.33. The molecule has 0 bridgehead atoms. The fourth-order valence-corrected chi connectivity index (χ4v) is 1.93. The third kappa shape index (κ3) is 3.29. The molecule has 1 atom stereocenters. The second-order valence-corrected chi connectivity index (χ2v) is 5.75. The van der Waals surface area contributed by atoms with Gasteiger partial charge >= 0.3 is 0 Å². The Hall–Kier alpha value is -0.940. The first kappa shape index (κ1) is 15.1. The van der Waals surface area contributed by atoms with Gasteiger partial charge in [-0.15, -0.1) is 0 Å². The molecule has 0 saturated heterocycles. The summed E-state index contributed by atoms with van der Waals surface area (Å²) >= 11 is 3.11. The standard InChI is InChI=1S/C13H18BrFN2O/c1-8(2)7-17-13(3,12(16)18)9-4-5-11(15)10(14)6-9/h4-6,8,17H,7H2,1-3H3,(H2,16,18). The number of nitrogens with two attached hydrogens (primary N) is 1. The third-order valence-electron chi connectivity index (χ3n) is 2.85. The van der Waals surface area contributed by atoms with E-state index in [1.54, 1.807) is 19.1 Å². The molecule has 1 aromatic rings. The molecule has 0 aliphatic carbocycles. The number of amides is 1. The molecule has 0 heterocycles. The normalized spacial score (nSPS) is 14.6. The summed E-state index contributed by atoms with van der Waals surface area (Å²) in [6.45, 7) is 6.43. The van der Waals surface area contributed by atoms with Gasteiger partial charge in [0.2, 0.25) is 5.91 Å². The van der Waals surface area contributed by atoms with Crippen LogP contribution >= 0.6 is 15.9 Å². The van der Waals surface area contributed by atoms with E-state index in [0.29, 0.717) is 22.5 Å². The Morgan fingerprint density at radius 2 is 2.17 bits per heavy atom. The van der Waals surface area contributed by atoms with E-state index in [4.69, 9.17) is 5.73 Å². The lowest BCUT2D eigenvalue weighted by atomic mass is 9.90. The predicted molar refractivity (Wildman–Crippen MR) is 73.5 cm³/mol. The van der Waals surface area contributed by atoms with Gasteiger partial charge in [0.15, 0.2) is 0 Å². The van der Waals surface area contributed by atoms with Gasteiger partial charge in [0.1, 0.15) is 11.4 Å².